The lowest BCUT2D eigenvalue weighted by Crippen LogP contribution is -1.99. The summed E-state index contributed by atoms with van der Waals surface area (Å²) in [4.78, 5) is 19.8. The molecular formula is C13H11N3O. The summed E-state index contributed by atoms with van der Waals surface area (Å²) in [6.45, 7) is 1.58. The minimum absolute atomic E-state index is 0.135. The number of Topliss-reactive ketones (excluding diaryl/α,β-unsaturated/α-hetero) is 1. The maximum atomic E-state index is 11.1. The molecule has 0 spiro atoms. The van der Waals surface area contributed by atoms with Crippen LogP contribution < -0.4 is 0 Å². The van der Waals surface area contributed by atoms with Crippen LogP contribution in [0.1, 0.15) is 12.5 Å². The summed E-state index contributed by atoms with van der Waals surface area (Å²) in [5.41, 5.74) is 2.84. The van der Waals surface area contributed by atoms with Crippen LogP contribution >= 0.6 is 0 Å². The number of hydrogen-bond acceptors (Lipinski definition) is 3. The first-order valence-corrected chi connectivity index (χ1v) is 5.45. The average molecular weight is 225 g/mol. The molecule has 2 heterocycles. The van der Waals surface area contributed by atoms with Gasteiger partial charge in [-0.05, 0) is 24.6 Å². The van der Waals surface area contributed by atoms with E-state index in [0.29, 0.717) is 12.2 Å². The molecule has 0 radical (unpaired) electrons. The Morgan fingerprint density at radius 1 is 1.35 bits per heavy atom. The Labute approximate surface area is 97.9 Å². The van der Waals surface area contributed by atoms with Crippen molar-refractivity contribution in [2.75, 3.05) is 0 Å². The predicted molar refractivity (Wildman–Crippen MR) is 64.9 cm³/mol. The molecule has 0 bridgehead atoms. The van der Waals surface area contributed by atoms with Crippen molar-refractivity contribution in [3.8, 4) is 0 Å². The number of fused-ring (bicyclic) bond motifs is 3. The van der Waals surface area contributed by atoms with Gasteiger partial charge in [-0.15, -0.1) is 0 Å². The van der Waals surface area contributed by atoms with Crippen LogP contribution in [0.2, 0.25) is 0 Å². The van der Waals surface area contributed by atoms with Crippen LogP contribution in [0.15, 0.2) is 36.7 Å². The van der Waals surface area contributed by atoms with Gasteiger partial charge >= 0.3 is 0 Å². The van der Waals surface area contributed by atoms with Crippen LogP contribution in [0.3, 0.4) is 0 Å². The Morgan fingerprint density at radius 2 is 2.18 bits per heavy atom. The van der Waals surface area contributed by atoms with E-state index in [1.165, 1.54) is 0 Å². The molecule has 0 N–H and O–H groups in total. The monoisotopic (exact) mass is 225 g/mol. The molecule has 0 amide bonds. The highest BCUT2D eigenvalue weighted by atomic mass is 16.1. The summed E-state index contributed by atoms with van der Waals surface area (Å²) in [5.74, 6) is 0.800. The van der Waals surface area contributed by atoms with Gasteiger partial charge < -0.3 is 0 Å². The summed E-state index contributed by atoms with van der Waals surface area (Å²) in [6, 6.07) is 7.86. The van der Waals surface area contributed by atoms with Gasteiger partial charge in [-0.3, -0.25) is 9.20 Å². The maximum Gasteiger partial charge on any atom is 0.234 e. The van der Waals surface area contributed by atoms with Crippen molar-refractivity contribution in [3.05, 3.63) is 42.2 Å². The summed E-state index contributed by atoms with van der Waals surface area (Å²) in [6.07, 6.45) is 4.05. The molecular weight excluding hydrogens is 214 g/mol. The average Bonchev–Trinajstić information content (AvgIpc) is 2.66. The normalized spacial score (nSPS) is 11.1. The van der Waals surface area contributed by atoms with Crippen molar-refractivity contribution in [2.24, 2.45) is 0 Å². The van der Waals surface area contributed by atoms with Crippen molar-refractivity contribution < 1.29 is 4.79 Å². The minimum atomic E-state index is 0.135. The Kier molecular flexibility index (Phi) is 2.14. The molecule has 0 fully saturated rings. The van der Waals surface area contributed by atoms with Crippen molar-refractivity contribution in [1.29, 1.82) is 0 Å². The van der Waals surface area contributed by atoms with Crippen LogP contribution in [0.25, 0.3) is 16.8 Å². The molecule has 17 heavy (non-hydrogen) atoms. The molecule has 0 unspecified atom stereocenters. The molecule has 4 heteroatoms. The van der Waals surface area contributed by atoms with Gasteiger partial charge in [0.2, 0.25) is 5.78 Å². The molecule has 84 valence electrons. The van der Waals surface area contributed by atoms with E-state index in [9.17, 15) is 4.79 Å². The van der Waals surface area contributed by atoms with Gasteiger partial charge in [-0.2, -0.15) is 0 Å². The molecule has 0 aliphatic heterocycles. The van der Waals surface area contributed by atoms with E-state index in [2.05, 4.69) is 9.97 Å². The Balaban J connectivity index is 2.26. The second-order valence-corrected chi connectivity index (χ2v) is 4.11. The van der Waals surface area contributed by atoms with Crippen LogP contribution in [0.4, 0.5) is 0 Å². The first-order chi connectivity index (χ1) is 8.24. The Hall–Kier alpha value is -2.23. The maximum absolute atomic E-state index is 11.1. The number of imidazole rings is 1. The van der Waals surface area contributed by atoms with E-state index >= 15 is 0 Å². The molecule has 3 aromatic rings. The van der Waals surface area contributed by atoms with E-state index in [-0.39, 0.29) is 5.78 Å². The number of aromatic nitrogens is 3. The summed E-state index contributed by atoms with van der Waals surface area (Å²) < 4.78 is 1.92. The molecule has 0 saturated carbocycles. The van der Waals surface area contributed by atoms with Gasteiger partial charge in [0.1, 0.15) is 5.78 Å². The number of nitrogens with zero attached hydrogens (tertiary/aromatic N) is 3. The van der Waals surface area contributed by atoms with Gasteiger partial charge in [0, 0.05) is 18.8 Å². The lowest BCUT2D eigenvalue weighted by molar-refractivity contribution is -0.116. The minimum Gasteiger partial charge on any atom is -0.300 e. The SMILES string of the molecule is CC(=O)Cc1cnc2nc3ccccc3n2c1. The largest absolute Gasteiger partial charge is 0.300 e. The van der Waals surface area contributed by atoms with Crippen LogP contribution in [-0.4, -0.2) is 20.2 Å². The highest BCUT2D eigenvalue weighted by Crippen LogP contribution is 2.15. The fourth-order valence-corrected chi connectivity index (χ4v) is 1.97. The van der Waals surface area contributed by atoms with Gasteiger partial charge in [-0.25, -0.2) is 9.97 Å². The second kappa shape index (κ2) is 3.66. The van der Waals surface area contributed by atoms with Crippen molar-refractivity contribution >= 4 is 22.6 Å². The Bertz CT molecular complexity index is 715. The van der Waals surface area contributed by atoms with E-state index in [1.54, 1.807) is 13.1 Å². The zero-order chi connectivity index (χ0) is 11.8. The van der Waals surface area contributed by atoms with Crippen LogP contribution in [-0.2, 0) is 11.2 Å². The van der Waals surface area contributed by atoms with Crippen LogP contribution in [0.5, 0.6) is 0 Å². The molecule has 2 aromatic heterocycles. The van der Waals surface area contributed by atoms with Gasteiger partial charge in [-0.1, -0.05) is 12.1 Å². The third-order valence-electron chi connectivity index (χ3n) is 2.67. The number of rotatable bonds is 2. The van der Waals surface area contributed by atoms with Crippen molar-refractivity contribution in [3.63, 3.8) is 0 Å². The van der Waals surface area contributed by atoms with Crippen LogP contribution in [0, 0.1) is 0 Å². The summed E-state index contributed by atoms with van der Waals surface area (Å²) in [5, 5.41) is 0. The van der Waals surface area contributed by atoms with Gasteiger partial charge in [0.25, 0.3) is 0 Å². The molecule has 4 nitrogen and oxygen atoms in total. The van der Waals surface area contributed by atoms with Crippen molar-refractivity contribution in [1.82, 2.24) is 14.4 Å². The number of para-hydroxylation sites is 2. The van der Waals surface area contributed by atoms with Gasteiger partial charge in [0.15, 0.2) is 0 Å². The molecule has 0 saturated heterocycles. The third kappa shape index (κ3) is 1.67. The molecule has 0 atom stereocenters. The number of benzene rings is 1. The fourth-order valence-electron chi connectivity index (χ4n) is 1.97. The molecule has 0 aliphatic rings. The third-order valence-corrected chi connectivity index (χ3v) is 2.67. The Morgan fingerprint density at radius 3 is 3.00 bits per heavy atom. The first kappa shape index (κ1) is 9.96. The van der Waals surface area contributed by atoms with E-state index in [1.807, 2.05) is 34.9 Å². The zero-order valence-corrected chi connectivity index (χ0v) is 9.42. The first-order valence-electron chi connectivity index (χ1n) is 5.45. The number of hydrogen-bond donors (Lipinski definition) is 0. The number of carbonyl (C=O) groups is 1. The van der Waals surface area contributed by atoms with E-state index in [0.717, 1.165) is 16.6 Å². The number of ketones is 1. The molecule has 1 aromatic carbocycles. The summed E-state index contributed by atoms with van der Waals surface area (Å²) in [7, 11) is 0. The smallest absolute Gasteiger partial charge is 0.234 e. The topological polar surface area (TPSA) is 47.3 Å². The quantitative estimate of drug-likeness (QED) is 0.670. The number of carbonyl (C=O) groups excluding carboxylic acids is 1. The van der Waals surface area contributed by atoms with Crippen molar-refractivity contribution in [2.45, 2.75) is 13.3 Å². The van der Waals surface area contributed by atoms with Gasteiger partial charge in [0.05, 0.1) is 11.0 Å². The van der Waals surface area contributed by atoms with E-state index < -0.39 is 0 Å². The zero-order valence-electron chi connectivity index (χ0n) is 9.42. The second-order valence-electron chi connectivity index (χ2n) is 4.11. The highest BCUT2D eigenvalue weighted by molar-refractivity contribution is 5.80. The summed E-state index contributed by atoms with van der Waals surface area (Å²) >= 11 is 0. The fraction of sp³-hybridized carbons (Fsp3) is 0.154. The molecule has 3 rings (SSSR count). The standard InChI is InChI=1S/C13H11N3O/c1-9(17)6-10-7-14-13-15-11-4-2-3-5-12(11)16(13)8-10/h2-5,7-8H,6H2,1H3. The van der Waals surface area contributed by atoms with E-state index in [4.69, 9.17) is 0 Å². The lowest BCUT2D eigenvalue weighted by Gasteiger charge is -1.99. The lowest BCUT2D eigenvalue weighted by atomic mass is 10.2. The molecule has 0 aliphatic carbocycles. The predicted octanol–water partition coefficient (Wildman–Crippen LogP) is 2.01. The highest BCUT2D eigenvalue weighted by Gasteiger charge is 2.06.